The predicted molar refractivity (Wildman–Crippen MR) is 143 cm³/mol. The SMILES string of the molecule is C=CCCOc1ccc(/C=C/C2CCC(c3ccc(C4CCC(OCC)CC4)c(F)c3F)CC2)cc1F. The van der Waals surface area contributed by atoms with Crippen LogP contribution in [-0.2, 0) is 4.74 Å². The van der Waals surface area contributed by atoms with Crippen LogP contribution in [0, 0.1) is 23.4 Å². The molecule has 0 atom stereocenters. The van der Waals surface area contributed by atoms with E-state index in [9.17, 15) is 4.39 Å². The molecule has 2 saturated carbocycles. The first-order valence-corrected chi connectivity index (χ1v) is 13.8. The lowest BCUT2D eigenvalue weighted by Crippen LogP contribution is -2.21. The zero-order valence-electron chi connectivity index (χ0n) is 21.9. The van der Waals surface area contributed by atoms with Crippen LogP contribution in [-0.4, -0.2) is 19.3 Å². The first-order chi connectivity index (χ1) is 18.0. The van der Waals surface area contributed by atoms with Gasteiger partial charge in [-0.25, -0.2) is 13.2 Å². The molecule has 4 rings (SSSR count). The van der Waals surface area contributed by atoms with Crippen LogP contribution in [0.1, 0.15) is 93.2 Å². The van der Waals surface area contributed by atoms with Crippen LogP contribution >= 0.6 is 0 Å². The summed E-state index contributed by atoms with van der Waals surface area (Å²) in [4.78, 5) is 0. The Labute approximate surface area is 219 Å². The van der Waals surface area contributed by atoms with E-state index in [0.717, 1.165) is 56.9 Å². The molecule has 2 aromatic carbocycles. The number of hydrogen-bond acceptors (Lipinski definition) is 2. The molecular weight excluding hydrogens is 473 g/mol. The number of rotatable bonds is 10. The van der Waals surface area contributed by atoms with Gasteiger partial charge in [-0.2, -0.15) is 0 Å². The third kappa shape index (κ3) is 7.07. The molecule has 0 aliphatic heterocycles. The molecule has 37 heavy (non-hydrogen) atoms. The first-order valence-electron chi connectivity index (χ1n) is 13.8. The van der Waals surface area contributed by atoms with Crippen molar-refractivity contribution < 1.29 is 22.6 Å². The van der Waals surface area contributed by atoms with Crippen molar-refractivity contribution in [2.75, 3.05) is 13.2 Å². The van der Waals surface area contributed by atoms with Gasteiger partial charge in [-0.15, -0.1) is 6.58 Å². The smallest absolute Gasteiger partial charge is 0.165 e. The molecule has 0 spiro atoms. The fourth-order valence-electron chi connectivity index (χ4n) is 5.85. The Morgan fingerprint density at radius 3 is 2.05 bits per heavy atom. The Kier molecular flexibility index (Phi) is 9.90. The Morgan fingerprint density at radius 1 is 0.865 bits per heavy atom. The van der Waals surface area contributed by atoms with E-state index in [1.54, 1.807) is 12.1 Å². The van der Waals surface area contributed by atoms with Crippen LogP contribution in [0.4, 0.5) is 13.2 Å². The summed E-state index contributed by atoms with van der Waals surface area (Å²) in [5.41, 5.74) is 1.83. The van der Waals surface area contributed by atoms with Gasteiger partial charge < -0.3 is 9.47 Å². The van der Waals surface area contributed by atoms with Crippen LogP contribution in [0.3, 0.4) is 0 Å². The molecule has 200 valence electrons. The number of allylic oxidation sites excluding steroid dienone is 1. The molecule has 0 aromatic heterocycles. The average molecular weight is 513 g/mol. The zero-order chi connectivity index (χ0) is 26.2. The second kappa shape index (κ2) is 13.3. The molecule has 2 aromatic rings. The Hall–Kier alpha value is -2.53. The van der Waals surface area contributed by atoms with Crippen molar-refractivity contribution in [2.45, 2.75) is 82.7 Å². The molecule has 0 N–H and O–H groups in total. The van der Waals surface area contributed by atoms with E-state index >= 15 is 8.78 Å². The minimum Gasteiger partial charge on any atom is -0.490 e. The van der Waals surface area contributed by atoms with E-state index in [1.165, 1.54) is 6.07 Å². The zero-order valence-corrected chi connectivity index (χ0v) is 21.9. The Bertz CT molecular complexity index is 1060. The summed E-state index contributed by atoms with van der Waals surface area (Å²) in [5.74, 6) is -0.996. The highest BCUT2D eigenvalue weighted by Crippen LogP contribution is 2.41. The average Bonchev–Trinajstić information content (AvgIpc) is 2.91. The summed E-state index contributed by atoms with van der Waals surface area (Å²) >= 11 is 0. The van der Waals surface area contributed by atoms with Crippen molar-refractivity contribution in [1.29, 1.82) is 0 Å². The first kappa shape index (κ1) is 27.5. The number of ether oxygens (including phenoxy) is 2. The van der Waals surface area contributed by atoms with Crippen LogP contribution in [0.2, 0.25) is 0 Å². The second-order valence-corrected chi connectivity index (χ2v) is 10.4. The molecule has 2 nitrogen and oxygen atoms in total. The standard InChI is InChI=1S/C32H39F3O2/c1-3-5-20-37-30-19-10-23(21-29(30)33)7-6-22-8-11-24(12-9-22)27-17-18-28(32(35)31(27)34)25-13-15-26(16-14-25)36-4-2/h3,6-7,10,17-19,21-22,24-26H,1,4-5,8-9,11-16,20H2,2H3/b7-6+. The van der Waals surface area contributed by atoms with E-state index in [4.69, 9.17) is 9.47 Å². The molecule has 0 unspecified atom stereocenters. The van der Waals surface area contributed by atoms with Crippen molar-refractivity contribution in [3.05, 3.63) is 83.2 Å². The van der Waals surface area contributed by atoms with E-state index in [2.05, 4.69) is 12.7 Å². The molecule has 2 aliphatic carbocycles. The van der Waals surface area contributed by atoms with Gasteiger partial charge in [0.2, 0.25) is 0 Å². The third-order valence-electron chi connectivity index (χ3n) is 7.97. The highest BCUT2D eigenvalue weighted by Gasteiger charge is 2.29. The molecule has 2 fully saturated rings. The van der Waals surface area contributed by atoms with E-state index in [0.29, 0.717) is 36.7 Å². The third-order valence-corrected chi connectivity index (χ3v) is 7.97. The lowest BCUT2D eigenvalue weighted by Gasteiger charge is -2.30. The molecule has 2 aliphatic rings. The van der Waals surface area contributed by atoms with Gasteiger partial charge in [0.25, 0.3) is 0 Å². The van der Waals surface area contributed by atoms with Gasteiger partial charge in [-0.3, -0.25) is 0 Å². The molecule has 0 radical (unpaired) electrons. The lowest BCUT2D eigenvalue weighted by molar-refractivity contribution is 0.0325. The normalized spacial score (nSPS) is 24.3. The molecule has 0 saturated heterocycles. The molecular formula is C32H39F3O2. The second-order valence-electron chi connectivity index (χ2n) is 10.4. The van der Waals surface area contributed by atoms with Gasteiger partial charge in [0.1, 0.15) is 0 Å². The van der Waals surface area contributed by atoms with Crippen LogP contribution in [0.25, 0.3) is 6.08 Å². The number of hydrogen-bond donors (Lipinski definition) is 0. The van der Waals surface area contributed by atoms with E-state index < -0.39 is 11.6 Å². The predicted octanol–water partition coefficient (Wildman–Crippen LogP) is 9.11. The van der Waals surface area contributed by atoms with Crippen molar-refractivity contribution in [1.82, 2.24) is 0 Å². The Morgan fingerprint density at radius 2 is 1.49 bits per heavy atom. The lowest BCUT2D eigenvalue weighted by atomic mass is 9.77. The molecule has 0 amide bonds. The van der Waals surface area contributed by atoms with Gasteiger partial charge >= 0.3 is 0 Å². The van der Waals surface area contributed by atoms with Gasteiger partial charge in [-0.05, 0) is 111 Å². The maximum Gasteiger partial charge on any atom is 0.165 e. The van der Waals surface area contributed by atoms with Gasteiger partial charge in [0.05, 0.1) is 12.7 Å². The largest absolute Gasteiger partial charge is 0.490 e. The van der Waals surface area contributed by atoms with Crippen molar-refractivity contribution in [3.63, 3.8) is 0 Å². The summed E-state index contributed by atoms with van der Waals surface area (Å²) in [7, 11) is 0. The van der Waals surface area contributed by atoms with Crippen molar-refractivity contribution in [2.24, 2.45) is 5.92 Å². The molecule has 5 heteroatoms. The van der Waals surface area contributed by atoms with E-state index in [-0.39, 0.29) is 29.5 Å². The maximum atomic E-state index is 15.2. The highest BCUT2D eigenvalue weighted by molar-refractivity contribution is 5.51. The minimum absolute atomic E-state index is 0.0336. The van der Waals surface area contributed by atoms with Crippen LogP contribution in [0.15, 0.2) is 49.1 Å². The van der Waals surface area contributed by atoms with Crippen molar-refractivity contribution in [3.8, 4) is 5.75 Å². The molecule has 0 heterocycles. The van der Waals surface area contributed by atoms with E-state index in [1.807, 2.05) is 31.2 Å². The van der Waals surface area contributed by atoms with Crippen LogP contribution < -0.4 is 4.74 Å². The van der Waals surface area contributed by atoms with Gasteiger partial charge in [-0.1, -0.05) is 36.4 Å². The summed E-state index contributed by atoms with van der Waals surface area (Å²) in [6.45, 7) is 6.73. The highest BCUT2D eigenvalue weighted by atomic mass is 19.2. The minimum atomic E-state index is -0.658. The summed E-state index contributed by atoms with van der Waals surface area (Å²) in [5, 5.41) is 0. The summed E-state index contributed by atoms with van der Waals surface area (Å²) < 4.78 is 55.7. The summed E-state index contributed by atoms with van der Waals surface area (Å²) in [6.07, 6.45) is 13.6. The number of benzene rings is 2. The monoisotopic (exact) mass is 512 g/mol. The quantitative estimate of drug-likeness (QED) is 0.233. The Balaban J connectivity index is 1.31. The maximum absolute atomic E-state index is 15.2. The molecule has 0 bridgehead atoms. The van der Waals surface area contributed by atoms with Crippen LogP contribution in [0.5, 0.6) is 5.75 Å². The fourth-order valence-corrected chi connectivity index (χ4v) is 5.85. The van der Waals surface area contributed by atoms with Gasteiger partial charge in [0.15, 0.2) is 23.2 Å². The topological polar surface area (TPSA) is 18.5 Å². The number of halogens is 3. The summed E-state index contributed by atoms with van der Waals surface area (Å²) in [6, 6.07) is 8.63. The fraction of sp³-hybridized carbons (Fsp3) is 0.500. The van der Waals surface area contributed by atoms with Crippen molar-refractivity contribution >= 4 is 6.08 Å². The van der Waals surface area contributed by atoms with Gasteiger partial charge in [0, 0.05) is 6.61 Å².